The van der Waals surface area contributed by atoms with E-state index in [4.69, 9.17) is 4.74 Å². The van der Waals surface area contributed by atoms with E-state index < -0.39 is 0 Å². The van der Waals surface area contributed by atoms with Crippen molar-refractivity contribution in [1.82, 2.24) is 15.2 Å². The Morgan fingerprint density at radius 2 is 1.92 bits per heavy atom. The van der Waals surface area contributed by atoms with Crippen LogP contribution in [0, 0.1) is 0 Å². The molecule has 0 unspecified atom stereocenters. The number of H-pyrrole nitrogens is 1. The molecule has 5 nitrogen and oxygen atoms in total. The average molecular weight is 349 g/mol. The maximum absolute atomic E-state index is 12.7. The molecule has 2 amide bonds. The van der Waals surface area contributed by atoms with E-state index in [1.807, 2.05) is 60.4 Å². The molecule has 26 heavy (non-hydrogen) atoms. The second-order valence-corrected chi connectivity index (χ2v) is 6.79. The second-order valence-electron chi connectivity index (χ2n) is 6.79. The number of aromatic amines is 1. The van der Waals surface area contributed by atoms with E-state index in [0.717, 1.165) is 22.2 Å². The molecule has 0 spiro atoms. The molecule has 1 aromatic heterocycles. The number of nitrogens with one attached hydrogen (secondary N) is 2. The highest BCUT2D eigenvalue weighted by atomic mass is 16.5. The standard InChI is InChI=1S/C21H23N3O2/c1-15-13-24(14-20(26-15)16-7-3-2-4-8-16)21(25)22-12-18-11-17-9-5-6-10-19(17)23-18/h2-11,15,20,23H,12-14H2,1H3,(H,22,25)/t15-,20-/m1/s1. The zero-order valence-corrected chi connectivity index (χ0v) is 14.8. The van der Waals surface area contributed by atoms with Crippen LogP contribution < -0.4 is 5.32 Å². The number of carbonyl (C=O) groups is 1. The lowest BCUT2D eigenvalue weighted by Crippen LogP contribution is -2.49. The van der Waals surface area contributed by atoms with Crippen LogP contribution in [0.4, 0.5) is 4.79 Å². The predicted octanol–water partition coefficient (Wildman–Crippen LogP) is 3.84. The fourth-order valence-corrected chi connectivity index (χ4v) is 3.48. The molecule has 3 aromatic rings. The zero-order chi connectivity index (χ0) is 17.9. The van der Waals surface area contributed by atoms with Gasteiger partial charge in [0.2, 0.25) is 0 Å². The number of benzene rings is 2. The lowest BCUT2D eigenvalue weighted by molar-refractivity contribution is -0.0657. The van der Waals surface area contributed by atoms with Crippen molar-refractivity contribution in [2.75, 3.05) is 13.1 Å². The van der Waals surface area contributed by atoms with Gasteiger partial charge in [-0.15, -0.1) is 0 Å². The van der Waals surface area contributed by atoms with E-state index in [9.17, 15) is 4.79 Å². The molecule has 4 rings (SSSR count). The van der Waals surface area contributed by atoms with Gasteiger partial charge in [-0.3, -0.25) is 0 Å². The second kappa shape index (κ2) is 7.22. The van der Waals surface area contributed by atoms with Gasteiger partial charge in [-0.05, 0) is 30.0 Å². The van der Waals surface area contributed by atoms with Gasteiger partial charge in [-0.2, -0.15) is 0 Å². The number of rotatable bonds is 3. The first-order valence-electron chi connectivity index (χ1n) is 8.99. The summed E-state index contributed by atoms with van der Waals surface area (Å²) in [6.07, 6.45) is -0.0773. The molecular formula is C21H23N3O2. The first-order chi connectivity index (χ1) is 12.7. The largest absolute Gasteiger partial charge is 0.367 e. The van der Waals surface area contributed by atoms with Crippen molar-refractivity contribution < 1.29 is 9.53 Å². The average Bonchev–Trinajstić information content (AvgIpc) is 3.09. The highest BCUT2D eigenvalue weighted by Gasteiger charge is 2.29. The molecule has 2 atom stereocenters. The zero-order valence-electron chi connectivity index (χ0n) is 14.8. The highest BCUT2D eigenvalue weighted by molar-refractivity contribution is 5.80. The van der Waals surface area contributed by atoms with E-state index in [1.54, 1.807) is 0 Å². The molecule has 1 aliphatic rings. The van der Waals surface area contributed by atoms with E-state index in [1.165, 1.54) is 0 Å². The molecule has 134 valence electrons. The van der Waals surface area contributed by atoms with Gasteiger partial charge in [-0.1, -0.05) is 48.5 Å². The number of morpholine rings is 1. The summed E-state index contributed by atoms with van der Waals surface area (Å²) in [6.45, 7) is 3.65. The third kappa shape index (κ3) is 3.58. The van der Waals surface area contributed by atoms with Crippen molar-refractivity contribution in [3.8, 4) is 0 Å². The van der Waals surface area contributed by atoms with Crippen LogP contribution in [0.2, 0.25) is 0 Å². The molecule has 0 bridgehead atoms. The Kier molecular flexibility index (Phi) is 4.63. The van der Waals surface area contributed by atoms with Crippen LogP contribution in [0.5, 0.6) is 0 Å². The van der Waals surface area contributed by atoms with Gasteiger partial charge in [0.25, 0.3) is 0 Å². The highest BCUT2D eigenvalue weighted by Crippen LogP contribution is 2.25. The molecule has 1 fully saturated rings. The lowest BCUT2D eigenvalue weighted by atomic mass is 10.1. The number of aromatic nitrogens is 1. The van der Waals surface area contributed by atoms with Crippen LogP contribution in [0.3, 0.4) is 0 Å². The monoisotopic (exact) mass is 349 g/mol. The number of para-hydroxylation sites is 1. The quantitative estimate of drug-likeness (QED) is 0.755. The molecule has 2 heterocycles. The Labute approximate surface area is 153 Å². The summed E-state index contributed by atoms with van der Waals surface area (Å²) in [6, 6.07) is 20.2. The Hall–Kier alpha value is -2.79. The maximum atomic E-state index is 12.7. The lowest BCUT2D eigenvalue weighted by Gasteiger charge is -2.37. The molecule has 5 heteroatoms. The number of fused-ring (bicyclic) bond motifs is 1. The molecule has 0 saturated carbocycles. The van der Waals surface area contributed by atoms with Crippen LogP contribution >= 0.6 is 0 Å². The van der Waals surface area contributed by atoms with Crippen LogP contribution in [0.1, 0.15) is 24.3 Å². The fraction of sp³-hybridized carbons (Fsp3) is 0.286. The number of hydrogen-bond donors (Lipinski definition) is 2. The normalized spacial score (nSPS) is 20.3. The Balaban J connectivity index is 1.40. The predicted molar refractivity (Wildman–Crippen MR) is 102 cm³/mol. The fourth-order valence-electron chi connectivity index (χ4n) is 3.48. The van der Waals surface area contributed by atoms with Crippen molar-refractivity contribution in [1.29, 1.82) is 0 Å². The first kappa shape index (κ1) is 16.7. The van der Waals surface area contributed by atoms with E-state index in [-0.39, 0.29) is 18.2 Å². The SMILES string of the molecule is C[C@@H]1CN(C(=O)NCc2cc3ccccc3[nH]2)C[C@H](c2ccccc2)O1. The number of carbonyl (C=O) groups excluding carboxylic acids is 1. The summed E-state index contributed by atoms with van der Waals surface area (Å²) in [7, 11) is 0. The molecule has 0 aliphatic carbocycles. The van der Waals surface area contributed by atoms with Crippen LogP contribution in [-0.2, 0) is 11.3 Å². The van der Waals surface area contributed by atoms with Crippen molar-refractivity contribution in [3.63, 3.8) is 0 Å². The molecule has 2 N–H and O–H groups in total. The number of hydrogen-bond acceptors (Lipinski definition) is 2. The molecule has 1 aliphatic heterocycles. The third-order valence-electron chi connectivity index (χ3n) is 4.73. The number of ether oxygens (including phenoxy) is 1. The number of amides is 2. The van der Waals surface area contributed by atoms with E-state index >= 15 is 0 Å². The van der Waals surface area contributed by atoms with Gasteiger partial charge >= 0.3 is 6.03 Å². The minimum atomic E-state index is -0.0845. The number of nitrogens with zero attached hydrogens (tertiary/aromatic N) is 1. The first-order valence-corrected chi connectivity index (χ1v) is 8.99. The van der Waals surface area contributed by atoms with E-state index in [0.29, 0.717) is 19.6 Å². The van der Waals surface area contributed by atoms with Crippen molar-refractivity contribution >= 4 is 16.9 Å². The van der Waals surface area contributed by atoms with Crippen LogP contribution in [-0.4, -0.2) is 35.1 Å². The Morgan fingerprint density at radius 1 is 1.15 bits per heavy atom. The summed E-state index contributed by atoms with van der Waals surface area (Å²) in [4.78, 5) is 17.8. The summed E-state index contributed by atoms with van der Waals surface area (Å²) >= 11 is 0. The number of urea groups is 1. The van der Waals surface area contributed by atoms with Gasteiger partial charge < -0.3 is 19.9 Å². The summed E-state index contributed by atoms with van der Waals surface area (Å²) < 4.78 is 6.03. The van der Waals surface area contributed by atoms with E-state index in [2.05, 4.69) is 22.4 Å². The van der Waals surface area contributed by atoms with Gasteiger partial charge in [0.1, 0.15) is 6.10 Å². The van der Waals surface area contributed by atoms with Crippen molar-refractivity contribution in [2.45, 2.75) is 25.7 Å². The van der Waals surface area contributed by atoms with Crippen LogP contribution in [0.15, 0.2) is 60.7 Å². The van der Waals surface area contributed by atoms with Crippen LogP contribution in [0.25, 0.3) is 10.9 Å². The smallest absolute Gasteiger partial charge is 0.317 e. The van der Waals surface area contributed by atoms with Crippen molar-refractivity contribution in [2.24, 2.45) is 0 Å². The molecule has 0 radical (unpaired) electrons. The van der Waals surface area contributed by atoms with Gasteiger partial charge in [-0.25, -0.2) is 4.79 Å². The van der Waals surface area contributed by atoms with Gasteiger partial charge in [0.15, 0.2) is 0 Å². The maximum Gasteiger partial charge on any atom is 0.317 e. The van der Waals surface area contributed by atoms with Gasteiger partial charge in [0, 0.05) is 17.8 Å². The Morgan fingerprint density at radius 3 is 2.73 bits per heavy atom. The van der Waals surface area contributed by atoms with Gasteiger partial charge in [0.05, 0.1) is 19.2 Å². The minimum Gasteiger partial charge on any atom is -0.367 e. The molecular weight excluding hydrogens is 326 g/mol. The molecule has 1 saturated heterocycles. The topological polar surface area (TPSA) is 57.4 Å². The summed E-state index contributed by atoms with van der Waals surface area (Å²) in [5.41, 5.74) is 3.19. The van der Waals surface area contributed by atoms with Crippen molar-refractivity contribution in [3.05, 3.63) is 71.9 Å². The Bertz CT molecular complexity index is 857. The third-order valence-corrected chi connectivity index (χ3v) is 4.73. The summed E-state index contributed by atoms with van der Waals surface area (Å²) in [5, 5.41) is 4.18. The summed E-state index contributed by atoms with van der Waals surface area (Å²) in [5.74, 6) is 0. The molecule has 2 aromatic carbocycles. The minimum absolute atomic E-state index is 0.00721.